The van der Waals surface area contributed by atoms with Gasteiger partial charge in [0.1, 0.15) is 5.54 Å². The lowest BCUT2D eigenvalue weighted by Crippen LogP contribution is -2.53. The van der Waals surface area contributed by atoms with E-state index in [1.165, 1.54) is 4.90 Å². The zero-order valence-corrected chi connectivity index (χ0v) is 17.6. The third-order valence-corrected chi connectivity index (χ3v) is 6.85. The number of nitrogens with zero attached hydrogens (tertiary/aromatic N) is 1. The molecule has 0 bridgehead atoms. The van der Waals surface area contributed by atoms with Crippen molar-refractivity contribution in [2.45, 2.75) is 31.3 Å². The van der Waals surface area contributed by atoms with Crippen molar-refractivity contribution < 1.29 is 19.2 Å². The summed E-state index contributed by atoms with van der Waals surface area (Å²) in [7, 11) is 0. The molecule has 8 heteroatoms. The zero-order chi connectivity index (χ0) is 22.6. The molecule has 2 fully saturated rings. The van der Waals surface area contributed by atoms with Crippen molar-refractivity contribution in [1.82, 2.24) is 10.2 Å². The second kappa shape index (κ2) is 7.27. The summed E-state index contributed by atoms with van der Waals surface area (Å²) in [5.74, 6) is -3.49. The Hall–Kier alpha value is -3.52. The van der Waals surface area contributed by atoms with Crippen LogP contribution in [0.4, 0.5) is 5.69 Å². The number of amides is 4. The van der Waals surface area contributed by atoms with Crippen LogP contribution in [-0.2, 0) is 31.1 Å². The van der Waals surface area contributed by atoms with E-state index in [4.69, 9.17) is 5.73 Å². The maximum atomic E-state index is 13.6. The van der Waals surface area contributed by atoms with Crippen molar-refractivity contribution in [2.75, 3.05) is 11.9 Å². The van der Waals surface area contributed by atoms with Gasteiger partial charge in [-0.3, -0.25) is 29.4 Å². The standard InChI is InChI=1S/C24H24N4O4/c1-13-7-8-16-15(11-13)24(23(32)26-16)20-19(17(27-24)12-18(25)29)21(30)28(22(20)31)10-9-14-5-3-2-4-6-14/h2-8,11,17,19-20,27H,9-10,12H2,1H3,(H2,25,29)(H,26,32)/t17-,19+,20+,24+/m0/s1. The molecule has 2 aromatic rings. The molecule has 2 saturated heterocycles. The molecule has 3 aliphatic heterocycles. The van der Waals surface area contributed by atoms with Crippen LogP contribution in [0, 0.1) is 18.8 Å². The van der Waals surface area contributed by atoms with Crippen LogP contribution in [0.2, 0.25) is 0 Å². The summed E-state index contributed by atoms with van der Waals surface area (Å²) in [5.41, 5.74) is 7.22. The molecule has 0 aliphatic carbocycles. The van der Waals surface area contributed by atoms with E-state index in [0.717, 1.165) is 11.1 Å². The molecule has 5 rings (SSSR count). The first-order chi connectivity index (χ1) is 15.3. The molecule has 0 aromatic heterocycles. The first kappa shape index (κ1) is 20.4. The molecule has 3 heterocycles. The third-order valence-electron chi connectivity index (χ3n) is 6.85. The minimum Gasteiger partial charge on any atom is -0.370 e. The number of fused-ring (bicyclic) bond motifs is 4. The minimum atomic E-state index is -1.40. The predicted molar refractivity (Wildman–Crippen MR) is 116 cm³/mol. The molecule has 4 amide bonds. The number of benzene rings is 2. The number of primary amides is 1. The van der Waals surface area contributed by atoms with Crippen molar-refractivity contribution in [2.24, 2.45) is 17.6 Å². The molecule has 0 radical (unpaired) electrons. The van der Waals surface area contributed by atoms with Crippen molar-refractivity contribution >= 4 is 29.3 Å². The Morgan fingerprint density at radius 3 is 2.56 bits per heavy atom. The van der Waals surface area contributed by atoms with Crippen molar-refractivity contribution in [3.05, 3.63) is 65.2 Å². The minimum absolute atomic E-state index is 0.136. The Morgan fingerprint density at radius 1 is 1.09 bits per heavy atom. The fourth-order valence-electron chi connectivity index (χ4n) is 5.47. The molecule has 164 valence electrons. The molecule has 0 saturated carbocycles. The van der Waals surface area contributed by atoms with Crippen molar-refractivity contribution in [3.63, 3.8) is 0 Å². The largest absolute Gasteiger partial charge is 0.370 e. The zero-order valence-electron chi connectivity index (χ0n) is 17.6. The number of imide groups is 1. The summed E-state index contributed by atoms with van der Waals surface area (Å²) in [6.07, 6.45) is 0.378. The predicted octanol–water partition coefficient (Wildman–Crippen LogP) is 0.834. The number of aryl methyl sites for hydroxylation is 1. The molecule has 2 aromatic carbocycles. The number of anilines is 1. The van der Waals surface area contributed by atoms with Crippen LogP contribution in [0.1, 0.15) is 23.1 Å². The summed E-state index contributed by atoms with van der Waals surface area (Å²) in [5, 5.41) is 6.06. The van der Waals surface area contributed by atoms with Gasteiger partial charge in [0.25, 0.3) is 0 Å². The number of carbonyl (C=O) groups is 4. The van der Waals surface area contributed by atoms with Gasteiger partial charge in [-0.1, -0.05) is 48.0 Å². The van der Waals surface area contributed by atoms with Gasteiger partial charge in [0.2, 0.25) is 23.6 Å². The van der Waals surface area contributed by atoms with Gasteiger partial charge in [-0.25, -0.2) is 0 Å². The SMILES string of the molecule is Cc1ccc2c(c1)[C@]1(N[C@@H](CC(N)=O)[C@H]3C(=O)N(CCc4ccccc4)C(=O)[C@@H]31)C(=O)N2. The van der Waals surface area contributed by atoms with Crippen LogP contribution in [0.3, 0.4) is 0 Å². The first-order valence-electron chi connectivity index (χ1n) is 10.7. The van der Waals surface area contributed by atoms with Crippen LogP contribution in [0.5, 0.6) is 0 Å². The number of rotatable bonds is 5. The highest BCUT2D eigenvalue weighted by Gasteiger charge is 2.70. The fraction of sp³-hybridized carbons (Fsp3) is 0.333. The van der Waals surface area contributed by atoms with E-state index in [-0.39, 0.29) is 30.7 Å². The van der Waals surface area contributed by atoms with Crippen molar-refractivity contribution in [3.8, 4) is 0 Å². The van der Waals surface area contributed by atoms with E-state index in [1.54, 1.807) is 6.07 Å². The van der Waals surface area contributed by atoms with E-state index in [0.29, 0.717) is 17.7 Å². The smallest absolute Gasteiger partial charge is 0.250 e. The summed E-state index contributed by atoms with van der Waals surface area (Å²) in [4.78, 5) is 53.4. The van der Waals surface area contributed by atoms with Gasteiger partial charge in [-0.2, -0.15) is 0 Å². The van der Waals surface area contributed by atoms with E-state index >= 15 is 0 Å². The van der Waals surface area contributed by atoms with Crippen LogP contribution < -0.4 is 16.4 Å². The maximum Gasteiger partial charge on any atom is 0.250 e. The Balaban J connectivity index is 1.55. The third kappa shape index (κ3) is 2.86. The van der Waals surface area contributed by atoms with E-state index in [2.05, 4.69) is 10.6 Å². The average Bonchev–Trinajstić information content (AvgIpc) is 3.32. The van der Waals surface area contributed by atoms with Gasteiger partial charge in [-0.05, 0) is 25.0 Å². The van der Waals surface area contributed by atoms with Gasteiger partial charge in [-0.15, -0.1) is 0 Å². The van der Waals surface area contributed by atoms with Crippen molar-refractivity contribution in [1.29, 1.82) is 0 Å². The molecule has 4 atom stereocenters. The number of hydrogen-bond donors (Lipinski definition) is 3. The highest BCUT2D eigenvalue weighted by molar-refractivity contribution is 6.15. The lowest BCUT2D eigenvalue weighted by atomic mass is 9.76. The summed E-state index contributed by atoms with van der Waals surface area (Å²) in [6.45, 7) is 2.12. The highest BCUT2D eigenvalue weighted by Crippen LogP contribution is 2.53. The topological polar surface area (TPSA) is 122 Å². The van der Waals surface area contributed by atoms with Crippen LogP contribution >= 0.6 is 0 Å². The number of nitrogens with one attached hydrogen (secondary N) is 2. The first-order valence-corrected chi connectivity index (χ1v) is 10.7. The molecule has 4 N–H and O–H groups in total. The number of nitrogens with two attached hydrogens (primary N) is 1. The second-order valence-corrected chi connectivity index (χ2v) is 8.80. The van der Waals surface area contributed by atoms with Gasteiger partial charge < -0.3 is 11.1 Å². The Bertz CT molecular complexity index is 1150. The normalized spacial score (nSPS) is 28.2. The summed E-state index contributed by atoms with van der Waals surface area (Å²) < 4.78 is 0. The Labute approximate surface area is 185 Å². The van der Waals surface area contributed by atoms with E-state index in [9.17, 15) is 19.2 Å². The second-order valence-electron chi connectivity index (χ2n) is 8.80. The molecule has 8 nitrogen and oxygen atoms in total. The van der Waals surface area contributed by atoms with Crippen LogP contribution in [-0.4, -0.2) is 41.1 Å². The summed E-state index contributed by atoms with van der Waals surface area (Å²) >= 11 is 0. The molecular formula is C24H24N4O4. The monoisotopic (exact) mass is 432 g/mol. The molecule has 32 heavy (non-hydrogen) atoms. The van der Waals surface area contributed by atoms with E-state index < -0.39 is 29.3 Å². The molecule has 3 aliphatic rings. The number of hydrogen-bond acceptors (Lipinski definition) is 5. The fourth-order valence-corrected chi connectivity index (χ4v) is 5.47. The summed E-state index contributed by atoms with van der Waals surface area (Å²) in [6, 6.07) is 14.4. The molecular weight excluding hydrogens is 408 g/mol. The lowest BCUT2D eigenvalue weighted by molar-refractivity contribution is -0.142. The number of carbonyl (C=O) groups excluding carboxylic acids is 4. The highest BCUT2D eigenvalue weighted by atomic mass is 16.2. The van der Waals surface area contributed by atoms with E-state index in [1.807, 2.05) is 49.4 Å². The van der Waals surface area contributed by atoms with Gasteiger partial charge in [0, 0.05) is 30.3 Å². The van der Waals surface area contributed by atoms with Gasteiger partial charge in [0.05, 0.1) is 11.8 Å². The Kier molecular flexibility index (Phi) is 4.63. The maximum absolute atomic E-state index is 13.6. The van der Waals surface area contributed by atoms with Gasteiger partial charge >= 0.3 is 0 Å². The molecule has 0 unspecified atom stereocenters. The van der Waals surface area contributed by atoms with Crippen LogP contribution in [0.15, 0.2) is 48.5 Å². The Morgan fingerprint density at radius 2 is 1.84 bits per heavy atom. The lowest BCUT2D eigenvalue weighted by Gasteiger charge is -2.29. The van der Waals surface area contributed by atoms with Crippen LogP contribution in [0.25, 0.3) is 0 Å². The van der Waals surface area contributed by atoms with Gasteiger partial charge in [0.15, 0.2) is 0 Å². The quantitative estimate of drug-likeness (QED) is 0.605. The number of likely N-dealkylation sites (tertiary alicyclic amines) is 1. The average molecular weight is 432 g/mol. The molecule has 1 spiro atoms.